The Hall–Kier alpha value is -3.03. The van der Waals surface area contributed by atoms with E-state index in [2.05, 4.69) is 5.32 Å². The molecule has 0 saturated carbocycles. The van der Waals surface area contributed by atoms with Crippen molar-refractivity contribution in [1.82, 2.24) is 4.31 Å². The Bertz CT molecular complexity index is 1140. The lowest BCUT2D eigenvalue weighted by molar-refractivity contribution is -0.116. The highest BCUT2D eigenvalue weighted by atomic mass is 32.2. The highest BCUT2D eigenvalue weighted by Gasteiger charge is 2.27. The maximum atomic E-state index is 14.2. The molecule has 3 aromatic rings. The van der Waals surface area contributed by atoms with Crippen molar-refractivity contribution in [2.24, 2.45) is 0 Å². The van der Waals surface area contributed by atoms with Gasteiger partial charge in [-0.1, -0.05) is 55.0 Å². The minimum Gasteiger partial charge on any atom is -0.325 e. The average molecular weight is 441 g/mol. The first kappa shape index (κ1) is 22.7. The molecule has 1 N–H and O–H groups in total. The smallest absolute Gasteiger partial charge is 0.243 e. The second kappa shape index (κ2) is 9.85. The average Bonchev–Trinajstić information content (AvgIpc) is 2.75. The molecule has 0 unspecified atom stereocenters. The van der Waals surface area contributed by atoms with Gasteiger partial charge in [-0.15, -0.1) is 0 Å². The number of benzene rings is 3. The van der Waals surface area contributed by atoms with Gasteiger partial charge in [0.05, 0.1) is 11.4 Å². The van der Waals surface area contributed by atoms with Crippen molar-refractivity contribution in [2.45, 2.75) is 31.7 Å². The van der Waals surface area contributed by atoms with Gasteiger partial charge >= 0.3 is 0 Å². The normalized spacial score (nSPS) is 11.5. The van der Waals surface area contributed by atoms with Gasteiger partial charge in [0.15, 0.2) is 0 Å². The Morgan fingerprint density at radius 1 is 0.968 bits per heavy atom. The summed E-state index contributed by atoms with van der Waals surface area (Å²) in [5.41, 5.74) is 2.80. The van der Waals surface area contributed by atoms with E-state index >= 15 is 0 Å². The van der Waals surface area contributed by atoms with Gasteiger partial charge in [-0.3, -0.25) is 4.79 Å². The summed E-state index contributed by atoms with van der Waals surface area (Å²) in [4.78, 5) is 12.7. The van der Waals surface area contributed by atoms with Crippen LogP contribution in [0.5, 0.6) is 0 Å². The highest BCUT2D eigenvalue weighted by molar-refractivity contribution is 7.89. The quantitative estimate of drug-likeness (QED) is 0.560. The van der Waals surface area contributed by atoms with Crippen LogP contribution >= 0.6 is 0 Å². The lowest BCUT2D eigenvalue weighted by atomic mass is 10.1. The molecule has 5 nitrogen and oxygen atoms in total. The van der Waals surface area contributed by atoms with E-state index in [1.165, 1.54) is 30.3 Å². The van der Waals surface area contributed by atoms with Gasteiger partial charge in [0.1, 0.15) is 5.82 Å². The van der Waals surface area contributed by atoms with Gasteiger partial charge in [-0.25, -0.2) is 12.8 Å². The zero-order valence-corrected chi connectivity index (χ0v) is 18.3. The molecule has 0 aliphatic rings. The van der Waals surface area contributed by atoms with E-state index in [4.69, 9.17) is 0 Å². The van der Waals surface area contributed by atoms with Gasteiger partial charge in [-0.2, -0.15) is 4.31 Å². The van der Waals surface area contributed by atoms with Crippen molar-refractivity contribution in [1.29, 1.82) is 0 Å². The van der Waals surface area contributed by atoms with Crippen molar-refractivity contribution in [3.05, 3.63) is 95.3 Å². The maximum absolute atomic E-state index is 14.2. The van der Waals surface area contributed by atoms with Crippen molar-refractivity contribution in [3.8, 4) is 0 Å². The number of nitrogens with zero attached hydrogens (tertiary/aromatic N) is 1. The van der Waals surface area contributed by atoms with E-state index in [-0.39, 0.29) is 17.0 Å². The summed E-state index contributed by atoms with van der Waals surface area (Å²) in [5.74, 6) is -1.03. The standard InChI is InChI=1S/C24H25FN2O3S/c1-3-19-10-12-21(13-11-19)26-24(28)17-27(16-20-6-4-5-7-23(20)25)31(29,30)22-14-8-18(2)9-15-22/h4-15H,3,16-17H2,1-2H3,(H,26,28). The topological polar surface area (TPSA) is 66.5 Å². The van der Waals surface area contributed by atoms with Gasteiger partial charge in [0.25, 0.3) is 0 Å². The van der Waals surface area contributed by atoms with E-state index in [0.29, 0.717) is 5.69 Å². The molecule has 0 saturated heterocycles. The number of halogens is 1. The molecule has 162 valence electrons. The monoisotopic (exact) mass is 440 g/mol. The van der Waals surface area contributed by atoms with Crippen molar-refractivity contribution in [3.63, 3.8) is 0 Å². The van der Waals surface area contributed by atoms with Gasteiger partial charge in [0.2, 0.25) is 15.9 Å². The Morgan fingerprint density at radius 2 is 1.61 bits per heavy atom. The number of carbonyl (C=O) groups is 1. The molecule has 31 heavy (non-hydrogen) atoms. The number of amides is 1. The number of nitrogens with one attached hydrogen (secondary N) is 1. The van der Waals surface area contributed by atoms with Crippen LogP contribution in [-0.2, 0) is 27.8 Å². The molecule has 0 spiro atoms. The fourth-order valence-corrected chi connectivity index (χ4v) is 4.46. The van der Waals surface area contributed by atoms with Crippen molar-refractivity contribution >= 4 is 21.6 Å². The fourth-order valence-electron chi connectivity index (χ4n) is 3.09. The second-order valence-electron chi connectivity index (χ2n) is 7.28. The van der Waals surface area contributed by atoms with E-state index in [1.54, 1.807) is 30.3 Å². The zero-order valence-electron chi connectivity index (χ0n) is 17.5. The fraction of sp³-hybridized carbons (Fsp3) is 0.208. The van der Waals surface area contributed by atoms with E-state index in [1.807, 2.05) is 26.0 Å². The number of aryl methyl sites for hydroxylation is 2. The summed E-state index contributed by atoms with van der Waals surface area (Å²) < 4.78 is 41.7. The van der Waals surface area contributed by atoms with Crippen LogP contribution in [0.2, 0.25) is 0 Å². The number of sulfonamides is 1. The van der Waals surface area contributed by atoms with Gasteiger partial charge in [-0.05, 0) is 49.2 Å². The minimum atomic E-state index is -4.02. The van der Waals surface area contributed by atoms with Crippen LogP contribution in [0.1, 0.15) is 23.6 Å². The highest BCUT2D eigenvalue weighted by Crippen LogP contribution is 2.20. The summed E-state index contributed by atoms with van der Waals surface area (Å²) in [6.45, 7) is 3.18. The largest absolute Gasteiger partial charge is 0.325 e. The lowest BCUT2D eigenvalue weighted by Gasteiger charge is -2.22. The summed E-state index contributed by atoms with van der Waals surface area (Å²) in [6, 6.07) is 19.6. The van der Waals surface area contributed by atoms with Crippen LogP contribution in [-0.4, -0.2) is 25.2 Å². The number of hydrogen-bond donors (Lipinski definition) is 1. The number of hydrogen-bond acceptors (Lipinski definition) is 3. The molecule has 0 aromatic heterocycles. The van der Waals surface area contributed by atoms with E-state index in [0.717, 1.165) is 21.9 Å². The van der Waals surface area contributed by atoms with Crippen LogP contribution in [0, 0.1) is 12.7 Å². The van der Waals surface area contributed by atoms with Crippen LogP contribution < -0.4 is 5.32 Å². The maximum Gasteiger partial charge on any atom is 0.243 e. The molecular weight excluding hydrogens is 415 g/mol. The third kappa shape index (κ3) is 5.77. The van der Waals surface area contributed by atoms with E-state index < -0.39 is 28.3 Å². The molecule has 0 atom stereocenters. The first-order valence-corrected chi connectivity index (χ1v) is 11.4. The molecule has 0 aliphatic heterocycles. The first-order chi connectivity index (χ1) is 14.8. The number of carbonyl (C=O) groups excluding carboxylic acids is 1. The van der Waals surface area contributed by atoms with Crippen molar-refractivity contribution < 1.29 is 17.6 Å². The number of anilines is 1. The minimum absolute atomic E-state index is 0.0505. The molecule has 3 aromatic carbocycles. The Balaban J connectivity index is 1.86. The number of rotatable bonds is 8. The van der Waals surface area contributed by atoms with Crippen LogP contribution in [0.25, 0.3) is 0 Å². The molecule has 0 fully saturated rings. The zero-order chi connectivity index (χ0) is 22.4. The molecule has 0 aliphatic carbocycles. The molecule has 0 heterocycles. The van der Waals surface area contributed by atoms with Crippen LogP contribution in [0.4, 0.5) is 10.1 Å². The molecule has 1 amide bonds. The Labute approximate surface area is 182 Å². The summed E-state index contributed by atoms with van der Waals surface area (Å²) in [7, 11) is -4.02. The Kier molecular flexibility index (Phi) is 7.20. The summed E-state index contributed by atoms with van der Waals surface area (Å²) in [5, 5.41) is 2.72. The van der Waals surface area contributed by atoms with Crippen LogP contribution in [0.3, 0.4) is 0 Å². The Morgan fingerprint density at radius 3 is 2.23 bits per heavy atom. The van der Waals surface area contributed by atoms with Gasteiger partial charge in [0, 0.05) is 17.8 Å². The molecule has 3 rings (SSSR count). The first-order valence-electron chi connectivity index (χ1n) is 9.98. The van der Waals surface area contributed by atoms with Crippen molar-refractivity contribution in [2.75, 3.05) is 11.9 Å². The molecule has 7 heteroatoms. The lowest BCUT2D eigenvalue weighted by Crippen LogP contribution is -2.37. The third-order valence-electron chi connectivity index (χ3n) is 4.93. The molecule has 0 radical (unpaired) electrons. The predicted octanol–water partition coefficient (Wildman–Crippen LogP) is 4.53. The van der Waals surface area contributed by atoms with Crippen LogP contribution in [0.15, 0.2) is 77.7 Å². The predicted molar refractivity (Wildman–Crippen MR) is 120 cm³/mol. The molecule has 0 bridgehead atoms. The second-order valence-corrected chi connectivity index (χ2v) is 9.21. The van der Waals surface area contributed by atoms with E-state index in [9.17, 15) is 17.6 Å². The van der Waals surface area contributed by atoms with Gasteiger partial charge < -0.3 is 5.32 Å². The SMILES string of the molecule is CCc1ccc(NC(=O)CN(Cc2ccccc2F)S(=O)(=O)c2ccc(C)cc2)cc1. The summed E-state index contributed by atoms with van der Waals surface area (Å²) in [6.07, 6.45) is 0.874. The third-order valence-corrected chi connectivity index (χ3v) is 6.74. The molecular formula is C24H25FN2O3S. The summed E-state index contributed by atoms with van der Waals surface area (Å²) >= 11 is 0.